The van der Waals surface area contributed by atoms with Crippen LogP contribution in [-0.2, 0) is 9.53 Å². The Balaban J connectivity index is 4.02. The molecule has 0 rings (SSSR count). The van der Waals surface area contributed by atoms with E-state index in [0.717, 1.165) is 18.8 Å². The molecule has 0 heterocycles. The van der Waals surface area contributed by atoms with Gasteiger partial charge in [0.2, 0.25) is 0 Å². The number of esters is 1. The normalized spacial score (nSPS) is 12.2. The van der Waals surface area contributed by atoms with Crippen molar-refractivity contribution >= 4 is 5.97 Å². The van der Waals surface area contributed by atoms with Crippen LogP contribution in [0, 0.1) is 5.92 Å². The average Bonchev–Trinajstić information content (AvgIpc) is 2.97. The molecule has 0 bridgehead atoms. The Morgan fingerprint density at radius 2 is 0.683 bits per heavy atom. The molecule has 0 aliphatic carbocycles. The topological polar surface area (TPSA) is 26.3 Å². The molecule has 1 atom stereocenters. The molecule has 0 aromatic carbocycles. The maximum absolute atomic E-state index is 12.3. The van der Waals surface area contributed by atoms with E-state index in [4.69, 9.17) is 4.74 Å². The SMILES string of the molecule is CCCCCCCCCCCCCCC(CCCCCCCCCCCC)CCOC(=O)CCCCCCCCC. The van der Waals surface area contributed by atoms with Gasteiger partial charge in [-0.3, -0.25) is 4.79 Å². The van der Waals surface area contributed by atoms with E-state index in [1.807, 2.05) is 0 Å². The minimum atomic E-state index is 0.0432. The smallest absolute Gasteiger partial charge is 0.305 e. The number of rotatable bonds is 35. The van der Waals surface area contributed by atoms with Crippen LogP contribution in [0.15, 0.2) is 0 Å². The number of carbonyl (C=O) groups excluding carboxylic acids is 1. The summed E-state index contributed by atoms with van der Waals surface area (Å²) in [6.45, 7) is 7.51. The lowest BCUT2D eigenvalue weighted by atomic mass is 9.91. The molecule has 0 radical (unpaired) electrons. The van der Waals surface area contributed by atoms with Crippen molar-refractivity contribution in [3.63, 3.8) is 0 Å². The molecule has 2 heteroatoms. The van der Waals surface area contributed by atoms with Crippen molar-refractivity contribution in [1.29, 1.82) is 0 Å². The van der Waals surface area contributed by atoms with Gasteiger partial charge in [0.05, 0.1) is 6.61 Å². The van der Waals surface area contributed by atoms with Gasteiger partial charge in [-0.25, -0.2) is 0 Å². The van der Waals surface area contributed by atoms with Crippen molar-refractivity contribution in [3.8, 4) is 0 Å². The summed E-state index contributed by atoms with van der Waals surface area (Å²) in [5.41, 5.74) is 0. The largest absolute Gasteiger partial charge is 0.466 e. The maximum atomic E-state index is 12.3. The first-order valence-electron chi connectivity index (χ1n) is 19.4. The lowest BCUT2D eigenvalue weighted by Crippen LogP contribution is -2.10. The lowest BCUT2D eigenvalue weighted by Gasteiger charge is -2.17. The third-order valence-electron chi connectivity index (χ3n) is 9.21. The van der Waals surface area contributed by atoms with E-state index in [1.54, 1.807) is 0 Å². The molecule has 0 saturated carbocycles. The van der Waals surface area contributed by atoms with Crippen LogP contribution < -0.4 is 0 Å². The van der Waals surface area contributed by atoms with Gasteiger partial charge in [0, 0.05) is 6.42 Å². The van der Waals surface area contributed by atoms with Crippen LogP contribution in [-0.4, -0.2) is 12.6 Å². The van der Waals surface area contributed by atoms with Gasteiger partial charge in [0.15, 0.2) is 0 Å². The fourth-order valence-corrected chi connectivity index (χ4v) is 6.27. The predicted molar refractivity (Wildman–Crippen MR) is 184 cm³/mol. The number of unbranched alkanes of at least 4 members (excludes halogenated alkanes) is 26. The highest BCUT2D eigenvalue weighted by atomic mass is 16.5. The zero-order valence-corrected chi connectivity index (χ0v) is 28.9. The molecule has 41 heavy (non-hydrogen) atoms. The standard InChI is InChI=1S/C39H78O2/c1-4-7-10-13-16-18-20-21-23-26-28-31-34-38(33-30-27-25-22-19-17-14-11-8-5-2)36-37-41-39(40)35-32-29-24-15-12-9-6-3/h38H,4-37H2,1-3H3. The fourth-order valence-electron chi connectivity index (χ4n) is 6.27. The number of hydrogen-bond acceptors (Lipinski definition) is 2. The van der Waals surface area contributed by atoms with Crippen LogP contribution in [0.5, 0.6) is 0 Å². The first-order chi connectivity index (χ1) is 20.2. The van der Waals surface area contributed by atoms with E-state index in [0.29, 0.717) is 13.0 Å². The lowest BCUT2D eigenvalue weighted by molar-refractivity contribution is -0.144. The van der Waals surface area contributed by atoms with Gasteiger partial charge < -0.3 is 4.74 Å². The van der Waals surface area contributed by atoms with Crippen molar-refractivity contribution in [2.45, 2.75) is 233 Å². The average molecular weight is 579 g/mol. The molecule has 0 aromatic heterocycles. The zero-order chi connectivity index (χ0) is 29.9. The Morgan fingerprint density at radius 1 is 0.390 bits per heavy atom. The molecule has 1 unspecified atom stereocenters. The van der Waals surface area contributed by atoms with Crippen LogP contribution in [0.4, 0.5) is 0 Å². The molecule has 0 amide bonds. The third-order valence-corrected chi connectivity index (χ3v) is 9.21. The summed E-state index contributed by atoms with van der Waals surface area (Å²) in [6.07, 6.45) is 44.3. The minimum absolute atomic E-state index is 0.0432. The summed E-state index contributed by atoms with van der Waals surface area (Å²) in [6, 6.07) is 0. The van der Waals surface area contributed by atoms with E-state index in [9.17, 15) is 4.79 Å². The monoisotopic (exact) mass is 579 g/mol. The summed E-state index contributed by atoms with van der Waals surface area (Å²) in [5.74, 6) is 0.792. The van der Waals surface area contributed by atoms with Gasteiger partial charge in [-0.2, -0.15) is 0 Å². The van der Waals surface area contributed by atoms with E-state index in [1.165, 1.54) is 193 Å². The Kier molecular flexibility index (Phi) is 35.2. The molecule has 0 aliphatic rings. The van der Waals surface area contributed by atoms with E-state index in [-0.39, 0.29) is 5.97 Å². The third kappa shape index (κ3) is 33.8. The van der Waals surface area contributed by atoms with Crippen molar-refractivity contribution in [1.82, 2.24) is 0 Å². The quantitative estimate of drug-likeness (QED) is 0.0552. The van der Waals surface area contributed by atoms with Gasteiger partial charge in [-0.1, -0.05) is 213 Å². The molecule has 0 fully saturated rings. The molecule has 0 aromatic rings. The van der Waals surface area contributed by atoms with Gasteiger partial charge in [0.25, 0.3) is 0 Å². The van der Waals surface area contributed by atoms with Crippen LogP contribution >= 0.6 is 0 Å². The molecule has 0 aliphatic heterocycles. The first kappa shape index (κ1) is 40.5. The number of carbonyl (C=O) groups is 1. The van der Waals surface area contributed by atoms with E-state index in [2.05, 4.69) is 20.8 Å². The molecule has 0 spiro atoms. The van der Waals surface area contributed by atoms with E-state index < -0.39 is 0 Å². The van der Waals surface area contributed by atoms with Crippen LogP contribution in [0.1, 0.15) is 233 Å². The number of ether oxygens (including phenoxy) is 1. The van der Waals surface area contributed by atoms with Gasteiger partial charge >= 0.3 is 5.97 Å². The Labute approximate surface area is 260 Å². The molecule has 0 saturated heterocycles. The highest BCUT2D eigenvalue weighted by Gasteiger charge is 2.11. The van der Waals surface area contributed by atoms with Gasteiger partial charge in [0.1, 0.15) is 0 Å². The van der Waals surface area contributed by atoms with Gasteiger partial charge in [-0.05, 0) is 18.8 Å². The van der Waals surface area contributed by atoms with Crippen LogP contribution in [0.2, 0.25) is 0 Å². The van der Waals surface area contributed by atoms with E-state index >= 15 is 0 Å². The molecule has 2 nitrogen and oxygen atoms in total. The summed E-state index contributed by atoms with van der Waals surface area (Å²) in [7, 11) is 0. The Hall–Kier alpha value is -0.530. The summed E-state index contributed by atoms with van der Waals surface area (Å²) in [5, 5.41) is 0. The summed E-state index contributed by atoms with van der Waals surface area (Å²) in [4.78, 5) is 12.3. The van der Waals surface area contributed by atoms with Gasteiger partial charge in [-0.15, -0.1) is 0 Å². The Morgan fingerprint density at radius 3 is 1.02 bits per heavy atom. The second-order valence-electron chi connectivity index (χ2n) is 13.4. The first-order valence-corrected chi connectivity index (χ1v) is 19.4. The second-order valence-corrected chi connectivity index (χ2v) is 13.4. The minimum Gasteiger partial charge on any atom is -0.466 e. The molecular formula is C39H78O2. The highest BCUT2D eigenvalue weighted by Crippen LogP contribution is 2.23. The van der Waals surface area contributed by atoms with Crippen LogP contribution in [0.3, 0.4) is 0 Å². The molecule has 246 valence electrons. The summed E-state index contributed by atoms with van der Waals surface area (Å²) >= 11 is 0. The van der Waals surface area contributed by atoms with Crippen molar-refractivity contribution < 1.29 is 9.53 Å². The maximum Gasteiger partial charge on any atom is 0.305 e. The predicted octanol–water partition coefficient (Wildman–Crippen LogP) is 14.1. The fraction of sp³-hybridized carbons (Fsp3) is 0.974. The molecule has 0 N–H and O–H groups in total. The van der Waals surface area contributed by atoms with Crippen molar-refractivity contribution in [3.05, 3.63) is 0 Å². The Bertz CT molecular complexity index is 488. The number of hydrogen-bond donors (Lipinski definition) is 0. The summed E-state index contributed by atoms with van der Waals surface area (Å²) < 4.78 is 5.69. The molecular weight excluding hydrogens is 500 g/mol. The second kappa shape index (κ2) is 35.7. The highest BCUT2D eigenvalue weighted by molar-refractivity contribution is 5.69. The zero-order valence-electron chi connectivity index (χ0n) is 28.9. The van der Waals surface area contributed by atoms with Crippen molar-refractivity contribution in [2.75, 3.05) is 6.61 Å². The van der Waals surface area contributed by atoms with Crippen LogP contribution in [0.25, 0.3) is 0 Å². The van der Waals surface area contributed by atoms with Crippen molar-refractivity contribution in [2.24, 2.45) is 5.92 Å².